The molecule has 1 aromatic heterocycles. The summed E-state index contributed by atoms with van der Waals surface area (Å²) in [4.78, 5) is 18.8. The normalized spacial score (nSPS) is 22.5. The van der Waals surface area contributed by atoms with Crippen LogP contribution >= 0.6 is 11.3 Å². The molecule has 1 heterocycles. The van der Waals surface area contributed by atoms with Gasteiger partial charge in [-0.15, -0.1) is 11.3 Å². The van der Waals surface area contributed by atoms with Crippen molar-refractivity contribution in [1.29, 1.82) is 0 Å². The van der Waals surface area contributed by atoms with E-state index in [4.69, 9.17) is 5.73 Å². The lowest BCUT2D eigenvalue weighted by molar-refractivity contribution is -0.118. The van der Waals surface area contributed by atoms with Crippen molar-refractivity contribution >= 4 is 22.4 Å². The zero-order valence-corrected chi connectivity index (χ0v) is 13.8. The number of rotatable bonds is 6. The Hall–Kier alpha value is -0.980. The molecule has 3 N–H and O–H groups in total. The summed E-state index contributed by atoms with van der Waals surface area (Å²) in [6.07, 6.45) is 5.40. The second-order valence-corrected chi connectivity index (χ2v) is 6.74. The lowest BCUT2D eigenvalue weighted by Gasteiger charge is -2.35. The minimum Gasteiger partial charge on any atom is -0.328 e. The number of hydrogen-bond donors (Lipinski definition) is 2. The maximum atomic E-state index is 12.2. The summed E-state index contributed by atoms with van der Waals surface area (Å²) in [5, 5.41) is 5.54. The van der Waals surface area contributed by atoms with Crippen molar-refractivity contribution in [3.8, 4) is 0 Å². The molecule has 0 atom stereocenters. The predicted octanol–water partition coefficient (Wildman–Crippen LogP) is 2.37. The molecule has 1 saturated carbocycles. The number of aryl methyl sites for hydroxylation is 1. The Morgan fingerprint density at radius 2 is 2.19 bits per heavy atom. The minimum absolute atomic E-state index is 0.0349. The average molecular weight is 310 g/mol. The van der Waals surface area contributed by atoms with E-state index >= 15 is 0 Å². The molecule has 1 aliphatic rings. The van der Waals surface area contributed by atoms with E-state index in [1.165, 1.54) is 11.3 Å². The number of nitrogens with two attached hydrogens (primary N) is 1. The first-order valence-electron chi connectivity index (χ1n) is 7.80. The van der Waals surface area contributed by atoms with Crippen LogP contribution in [0, 0.1) is 6.92 Å². The molecular formula is C15H26N4OS. The summed E-state index contributed by atoms with van der Waals surface area (Å²) >= 11 is 1.48. The van der Waals surface area contributed by atoms with E-state index in [9.17, 15) is 4.79 Å². The number of nitrogens with zero attached hydrogens (tertiary/aromatic N) is 2. The molecule has 2 rings (SSSR count). The van der Waals surface area contributed by atoms with Crippen molar-refractivity contribution in [3.05, 3.63) is 11.1 Å². The Kier molecular flexibility index (Phi) is 6.14. The maximum absolute atomic E-state index is 12.2. The molecule has 21 heavy (non-hydrogen) atoms. The van der Waals surface area contributed by atoms with Crippen LogP contribution in [0.5, 0.6) is 0 Å². The van der Waals surface area contributed by atoms with Gasteiger partial charge in [-0.1, -0.05) is 6.92 Å². The van der Waals surface area contributed by atoms with Crippen LogP contribution in [0.1, 0.15) is 44.7 Å². The third kappa shape index (κ3) is 5.05. The van der Waals surface area contributed by atoms with Crippen molar-refractivity contribution in [2.24, 2.45) is 5.73 Å². The summed E-state index contributed by atoms with van der Waals surface area (Å²) < 4.78 is 0. The smallest absolute Gasteiger partial charge is 0.240 e. The third-order valence-electron chi connectivity index (χ3n) is 3.98. The van der Waals surface area contributed by atoms with Crippen LogP contribution in [-0.2, 0) is 4.79 Å². The van der Waals surface area contributed by atoms with E-state index in [1.54, 1.807) is 0 Å². The molecule has 1 aliphatic carbocycles. The average Bonchev–Trinajstić information content (AvgIpc) is 2.84. The number of aromatic nitrogens is 1. The SMILES string of the molecule is CCCN(CC(=O)Nc1nc(C)cs1)C1CCC(N)CC1. The van der Waals surface area contributed by atoms with Crippen molar-refractivity contribution in [1.82, 2.24) is 9.88 Å². The highest BCUT2D eigenvalue weighted by Crippen LogP contribution is 2.22. The van der Waals surface area contributed by atoms with Crippen molar-refractivity contribution in [2.45, 2.75) is 58.0 Å². The van der Waals surface area contributed by atoms with Gasteiger partial charge in [0.15, 0.2) is 5.13 Å². The second kappa shape index (κ2) is 7.87. The lowest BCUT2D eigenvalue weighted by atomic mass is 9.90. The molecule has 1 aromatic rings. The highest BCUT2D eigenvalue weighted by molar-refractivity contribution is 7.13. The molecule has 0 saturated heterocycles. The molecule has 0 radical (unpaired) electrons. The number of carbonyl (C=O) groups is 1. The monoisotopic (exact) mass is 310 g/mol. The van der Waals surface area contributed by atoms with Crippen molar-refractivity contribution in [3.63, 3.8) is 0 Å². The van der Waals surface area contributed by atoms with Gasteiger partial charge in [0.2, 0.25) is 5.91 Å². The van der Waals surface area contributed by atoms with Gasteiger partial charge in [0, 0.05) is 17.5 Å². The fourth-order valence-corrected chi connectivity index (χ4v) is 3.60. The van der Waals surface area contributed by atoms with E-state index in [0.29, 0.717) is 23.8 Å². The lowest BCUT2D eigenvalue weighted by Crippen LogP contribution is -2.44. The standard InChI is InChI=1S/C15H26N4OS/c1-3-8-19(13-6-4-12(16)5-7-13)9-14(20)18-15-17-11(2)10-21-15/h10,12-13H,3-9,16H2,1-2H3,(H,17,18,20). The number of carbonyl (C=O) groups excluding carboxylic acids is 1. The molecule has 1 fully saturated rings. The Morgan fingerprint density at radius 1 is 1.48 bits per heavy atom. The van der Waals surface area contributed by atoms with Crippen LogP contribution in [0.15, 0.2) is 5.38 Å². The van der Waals surface area contributed by atoms with Gasteiger partial charge in [-0.05, 0) is 45.6 Å². The minimum atomic E-state index is 0.0349. The van der Waals surface area contributed by atoms with Gasteiger partial charge >= 0.3 is 0 Å². The first-order valence-corrected chi connectivity index (χ1v) is 8.68. The highest BCUT2D eigenvalue weighted by atomic mass is 32.1. The van der Waals surface area contributed by atoms with Crippen LogP contribution in [0.2, 0.25) is 0 Å². The van der Waals surface area contributed by atoms with Gasteiger partial charge < -0.3 is 11.1 Å². The number of amides is 1. The van der Waals surface area contributed by atoms with Crippen LogP contribution in [0.25, 0.3) is 0 Å². The van der Waals surface area contributed by atoms with Crippen LogP contribution in [0.4, 0.5) is 5.13 Å². The Balaban J connectivity index is 1.87. The predicted molar refractivity (Wildman–Crippen MR) is 87.6 cm³/mol. The molecular weight excluding hydrogens is 284 g/mol. The van der Waals surface area contributed by atoms with Gasteiger partial charge in [0.05, 0.1) is 12.2 Å². The molecule has 5 nitrogen and oxygen atoms in total. The van der Waals surface area contributed by atoms with Crippen LogP contribution < -0.4 is 11.1 Å². The summed E-state index contributed by atoms with van der Waals surface area (Å²) in [7, 11) is 0. The van der Waals surface area contributed by atoms with Gasteiger partial charge in [0.1, 0.15) is 0 Å². The first kappa shape index (κ1) is 16.4. The zero-order chi connectivity index (χ0) is 15.2. The zero-order valence-electron chi connectivity index (χ0n) is 13.0. The molecule has 1 amide bonds. The number of hydrogen-bond acceptors (Lipinski definition) is 5. The molecule has 0 bridgehead atoms. The van der Waals surface area contributed by atoms with E-state index in [-0.39, 0.29) is 5.91 Å². The fourth-order valence-electron chi connectivity index (χ4n) is 2.90. The molecule has 0 spiro atoms. The number of thiazole rings is 1. The van der Waals surface area contributed by atoms with Crippen LogP contribution in [0.3, 0.4) is 0 Å². The van der Waals surface area contributed by atoms with Gasteiger partial charge in [-0.25, -0.2) is 4.98 Å². The van der Waals surface area contributed by atoms with E-state index in [0.717, 1.165) is 44.3 Å². The fraction of sp³-hybridized carbons (Fsp3) is 0.733. The Bertz CT molecular complexity index is 454. The molecule has 6 heteroatoms. The third-order valence-corrected chi connectivity index (χ3v) is 4.86. The van der Waals surface area contributed by atoms with Crippen molar-refractivity contribution in [2.75, 3.05) is 18.4 Å². The summed E-state index contributed by atoms with van der Waals surface area (Å²) in [5.41, 5.74) is 6.92. The van der Waals surface area contributed by atoms with Gasteiger partial charge in [-0.2, -0.15) is 0 Å². The van der Waals surface area contributed by atoms with E-state index in [1.807, 2.05) is 12.3 Å². The van der Waals surface area contributed by atoms with E-state index in [2.05, 4.69) is 22.1 Å². The second-order valence-electron chi connectivity index (χ2n) is 5.88. The topological polar surface area (TPSA) is 71.2 Å². The summed E-state index contributed by atoms with van der Waals surface area (Å²) in [6, 6.07) is 0.838. The van der Waals surface area contributed by atoms with E-state index < -0.39 is 0 Å². The summed E-state index contributed by atoms with van der Waals surface area (Å²) in [6.45, 7) is 5.50. The quantitative estimate of drug-likeness (QED) is 0.846. The number of anilines is 1. The molecule has 0 unspecified atom stereocenters. The van der Waals surface area contributed by atoms with Gasteiger partial charge in [-0.3, -0.25) is 9.69 Å². The van der Waals surface area contributed by atoms with Crippen molar-refractivity contribution < 1.29 is 4.79 Å². The Labute approximate surface area is 130 Å². The first-order chi connectivity index (χ1) is 10.1. The summed E-state index contributed by atoms with van der Waals surface area (Å²) in [5.74, 6) is 0.0349. The maximum Gasteiger partial charge on any atom is 0.240 e. The molecule has 0 aromatic carbocycles. The van der Waals surface area contributed by atoms with Crippen LogP contribution in [-0.4, -0.2) is 41.0 Å². The number of nitrogens with one attached hydrogen (secondary N) is 1. The van der Waals surface area contributed by atoms with Gasteiger partial charge in [0.25, 0.3) is 0 Å². The Morgan fingerprint density at radius 3 is 2.76 bits per heavy atom. The molecule has 0 aliphatic heterocycles. The molecule has 118 valence electrons. The highest BCUT2D eigenvalue weighted by Gasteiger charge is 2.25. The largest absolute Gasteiger partial charge is 0.328 e.